The smallest absolute Gasteiger partial charge is 0.225 e. The summed E-state index contributed by atoms with van der Waals surface area (Å²) in [6, 6.07) is 6.18. The molecule has 0 radical (unpaired) electrons. The van der Waals surface area contributed by atoms with Gasteiger partial charge in [0.2, 0.25) is 5.91 Å². The Hall–Kier alpha value is -2.31. The molecule has 2 aliphatic rings. The molecular formula is C22H36N6O. The molecule has 1 saturated carbocycles. The molecule has 1 unspecified atom stereocenters. The van der Waals surface area contributed by atoms with Crippen molar-refractivity contribution in [3.05, 3.63) is 24.4 Å². The molecule has 7 nitrogen and oxygen atoms in total. The lowest BCUT2D eigenvalue weighted by Crippen LogP contribution is -2.45. The third kappa shape index (κ3) is 6.91. The van der Waals surface area contributed by atoms with Gasteiger partial charge in [-0.25, -0.2) is 4.98 Å². The number of nitrogens with zero attached hydrogens (tertiary/aromatic N) is 3. The first kappa shape index (κ1) is 21.4. The monoisotopic (exact) mass is 400 g/mol. The average Bonchev–Trinajstić information content (AvgIpc) is 3.43. The van der Waals surface area contributed by atoms with Gasteiger partial charge in [0.05, 0.1) is 0 Å². The largest absolute Gasteiger partial charge is 0.370 e. The summed E-state index contributed by atoms with van der Waals surface area (Å²) in [6.45, 7) is 6.27. The van der Waals surface area contributed by atoms with E-state index in [-0.39, 0.29) is 5.92 Å². The number of aliphatic imine (C=N–C) groups is 1. The second-order valence-corrected chi connectivity index (χ2v) is 8.01. The summed E-state index contributed by atoms with van der Waals surface area (Å²) in [5, 5.41) is 10.2. The second kappa shape index (κ2) is 11.6. The number of pyridine rings is 1. The van der Waals surface area contributed by atoms with Crippen molar-refractivity contribution in [2.75, 3.05) is 38.0 Å². The number of rotatable bonds is 9. The molecule has 0 aromatic carbocycles. The van der Waals surface area contributed by atoms with Crippen LogP contribution in [-0.2, 0) is 4.79 Å². The lowest BCUT2D eigenvalue weighted by atomic mass is 10.1. The highest BCUT2D eigenvalue weighted by molar-refractivity contribution is 5.81. The van der Waals surface area contributed by atoms with Gasteiger partial charge >= 0.3 is 0 Å². The molecule has 0 spiro atoms. The number of unbranched alkanes of at least 4 members (excludes halogenated alkanes) is 1. The van der Waals surface area contributed by atoms with E-state index >= 15 is 0 Å². The highest BCUT2D eigenvalue weighted by atomic mass is 16.2. The van der Waals surface area contributed by atoms with Gasteiger partial charge in [-0.05, 0) is 51.2 Å². The van der Waals surface area contributed by atoms with Gasteiger partial charge in [0.15, 0.2) is 5.96 Å². The molecule has 1 atom stereocenters. The van der Waals surface area contributed by atoms with E-state index in [0.29, 0.717) is 11.9 Å². The molecule has 3 rings (SSSR count). The predicted molar refractivity (Wildman–Crippen MR) is 118 cm³/mol. The second-order valence-electron chi connectivity index (χ2n) is 8.01. The number of carbonyl (C=O) groups is 1. The average molecular weight is 401 g/mol. The van der Waals surface area contributed by atoms with Crippen LogP contribution in [0.1, 0.15) is 51.9 Å². The van der Waals surface area contributed by atoms with Crippen LogP contribution in [0.4, 0.5) is 5.82 Å². The Morgan fingerprint density at radius 1 is 1.24 bits per heavy atom. The van der Waals surface area contributed by atoms with E-state index in [1.54, 1.807) is 6.20 Å². The van der Waals surface area contributed by atoms with Crippen LogP contribution >= 0.6 is 0 Å². The zero-order valence-electron chi connectivity index (χ0n) is 17.7. The fourth-order valence-corrected chi connectivity index (χ4v) is 4.13. The van der Waals surface area contributed by atoms with E-state index in [4.69, 9.17) is 4.99 Å². The summed E-state index contributed by atoms with van der Waals surface area (Å²) in [7, 11) is 0. The van der Waals surface area contributed by atoms with E-state index in [1.807, 2.05) is 18.2 Å². The molecule has 0 bridgehead atoms. The van der Waals surface area contributed by atoms with Crippen LogP contribution in [0.25, 0.3) is 0 Å². The molecule has 1 aromatic rings. The quantitative estimate of drug-likeness (QED) is 0.337. The molecule has 29 heavy (non-hydrogen) atoms. The maximum atomic E-state index is 12.6. The van der Waals surface area contributed by atoms with E-state index in [1.165, 1.54) is 12.8 Å². The Bertz CT molecular complexity index is 644. The Kier molecular flexibility index (Phi) is 8.58. The molecule has 1 aliphatic heterocycles. The van der Waals surface area contributed by atoms with E-state index in [9.17, 15) is 4.79 Å². The number of nitrogens with one attached hydrogen (secondary N) is 3. The predicted octanol–water partition coefficient (Wildman–Crippen LogP) is 2.62. The van der Waals surface area contributed by atoms with Crippen LogP contribution in [0.2, 0.25) is 0 Å². The minimum atomic E-state index is 0.273. The number of likely N-dealkylation sites (tertiary alicyclic amines) is 1. The zero-order valence-corrected chi connectivity index (χ0v) is 17.7. The number of guanidine groups is 1. The molecular weight excluding hydrogens is 364 g/mol. The molecule has 160 valence electrons. The van der Waals surface area contributed by atoms with Gasteiger partial charge in [0.25, 0.3) is 0 Å². The first-order valence-electron chi connectivity index (χ1n) is 11.2. The van der Waals surface area contributed by atoms with Crippen LogP contribution in [-0.4, -0.2) is 60.5 Å². The molecule has 2 heterocycles. The lowest BCUT2D eigenvalue weighted by molar-refractivity contribution is -0.134. The Labute approximate surface area is 174 Å². The van der Waals surface area contributed by atoms with E-state index < -0.39 is 0 Å². The SMILES string of the molecule is CCNC(=NCCCCNc1ccccn1)NC1CCN(C(=O)C2CCCC2)C1. The van der Waals surface area contributed by atoms with Gasteiger partial charge in [-0.1, -0.05) is 18.9 Å². The highest BCUT2D eigenvalue weighted by Gasteiger charge is 2.32. The van der Waals surface area contributed by atoms with Crippen LogP contribution in [0, 0.1) is 5.92 Å². The van der Waals surface area contributed by atoms with E-state index in [2.05, 4.69) is 32.8 Å². The lowest BCUT2D eigenvalue weighted by Gasteiger charge is -2.21. The summed E-state index contributed by atoms with van der Waals surface area (Å²) in [4.78, 5) is 23.7. The Morgan fingerprint density at radius 3 is 2.86 bits per heavy atom. The van der Waals surface area contributed by atoms with Crippen LogP contribution in [0.5, 0.6) is 0 Å². The number of aromatic nitrogens is 1. The number of carbonyl (C=O) groups excluding carboxylic acids is 1. The van der Waals surface area contributed by atoms with Crippen molar-refractivity contribution in [3.8, 4) is 0 Å². The van der Waals surface area contributed by atoms with Crippen LogP contribution < -0.4 is 16.0 Å². The first-order valence-corrected chi connectivity index (χ1v) is 11.2. The molecule has 7 heteroatoms. The van der Waals surface area contributed by atoms with Crippen LogP contribution in [0.15, 0.2) is 29.4 Å². The van der Waals surface area contributed by atoms with Crippen molar-refractivity contribution in [1.29, 1.82) is 0 Å². The van der Waals surface area contributed by atoms with Crippen molar-refractivity contribution in [1.82, 2.24) is 20.5 Å². The molecule has 1 amide bonds. The summed E-state index contributed by atoms with van der Waals surface area (Å²) < 4.78 is 0. The fourth-order valence-electron chi connectivity index (χ4n) is 4.13. The third-order valence-corrected chi connectivity index (χ3v) is 5.72. The molecule has 3 N–H and O–H groups in total. The zero-order chi connectivity index (χ0) is 20.3. The molecule has 1 saturated heterocycles. The van der Waals surface area contributed by atoms with Crippen LogP contribution in [0.3, 0.4) is 0 Å². The van der Waals surface area contributed by atoms with Crippen molar-refractivity contribution >= 4 is 17.7 Å². The molecule has 1 aliphatic carbocycles. The summed E-state index contributed by atoms with van der Waals surface area (Å²) in [5.74, 6) is 2.43. The number of anilines is 1. The van der Waals surface area contributed by atoms with E-state index in [0.717, 1.165) is 76.6 Å². The third-order valence-electron chi connectivity index (χ3n) is 5.72. The normalized spacial score (nSPS) is 20.1. The van der Waals surface area contributed by atoms with Gasteiger partial charge in [0, 0.05) is 50.9 Å². The number of amides is 1. The van der Waals surface area contributed by atoms with Gasteiger partial charge in [-0.3, -0.25) is 9.79 Å². The Balaban J connectivity index is 1.36. The highest BCUT2D eigenvalue weighted by Crippen LogP contribution is 2.27. The summed E-state index contributed by atoms with van der Waals surface area (Å²) in [6.07, 6.45) is 9.43. The van der Waals surface area contributed by atoms with Gasteiger partial charge < -0.3 is 20.9 Å². The first-order chi connectivity index (χ1) is 14.3. The standard InChI is InChI=1S/C22H36N6O/c1-2-23-22(26-15-8-7-14-25-20-11-5-6-13-24-20)27-19-12-16-28(17-19)21(29)18-9-3-4-10-18/h5-6,11,13,18-19H,2-4,7-10,12,14-17H2,1H3,(H,24,25)(H2,23,26,27). The van der Waals surface area contributed by atoms with Crippen molar-refractivity contribution < 1.29 is 4.79 Å². The summed E-state index contributed by atoms with van der Waals surface area (Å²) >= 11 is 0. The van der Waals surface area contributed by atoms with Crippen molar-refractivity contribution in [3.63, 3.8) is 0 Å². The Morgan fingerprint density at radius 2 is 2.10 bits per heavy atom. The fraction of sp³-hybridized carbons (Fsp3) is 0.682. The van der Waals surface area contributed by atoms with Gasteiger partial charge in [-0.15, -0.1) is 0 Å². The minimum Gasteiger partial charge on any atom is -0.370 e. The number of hydrogen-bond acceptors (Lipinski definition) is 4. The number of hydrogen-bond donors (Lipinski definition) is 3. The molecule has 1 aromatic heterocycles. The molecule has 2 fully saturated rings. The van der Waals surface area contributed by atoms with Crippen molar-refractivity contribution in [2.45, 2.75) is 57.9 Å². The van der Waals surface area contributed by atoms with Gasteiger partial charge in [0.1, 0.15) is 5.82 Å². The maximum absolute atomic E-state index is 12.6. The maximum Gasteiger partial charge on any atom is 0.225 e. The topological polar surface area (TPSA) is 81.7 Å². The minimum absolute atomic E-state index is 0.273. The summed E-state index contributed by atoms with van der Waals surface area (Å²) in [5.41, 5.74) is 0. The van der Waals surface area contributed by atoms with Gasteiger partial charge in [-0.2, -0.15) is 0 Å². The van der Waals surface area contributed by atoms with Crippen molar-refractivity contribution in [2.24, 2.45) is 10.9 Å².